The standard InChI is InChI=1S/C13H16N2O3S/c1-13(2)8-15(5-6-19-13)11(16)9-3-4-10(12(17)18)14-7-9/h3-4,7H,5-6,8H2,1-2H3,(H,17,18). The number of amides is 1. The van der Waals surface area contributed by atoms with Crippen molar-refractivity contribution in [2.24, 2.45) is 0 Å². The third-order valence-electron chi connectivity index (χ3n) is 2.94. The molecule has 0 aromatic carbocycles. The summed E-state index contributed by atoms with van der Waals surface area (Å²) < 4.78 is 0.0579. The first kappa shape index (κ1) is 13.9. The minimum Gasteiger partial charge on any atom is -0.477 e. The fourth-order valence-corrected chi connectivity index (χ4v) is 3.13. The van der Waals surface area contributed by atoms with Crippen molar-refractivity contribution in [3.05, 3.63) is 29.6 Å². The van der Waals surface area contributed by atoms with E-state index in [2.05, 4.69) is 18.8 Å². The van der Waals surface area contributed by atoms with Crippen molar-refractivity contribution in [1.82, 2.24) is 9.88 Å². The van der Waals surface area contributed by atoms with E-state index in [1.54, 1.807) is 4.90 Å². The highest BCUT2D eigenvalue weighted by molar-refractivity contribution is 8.00. The zero-order chi connectivity index (χ0) is 14.0. The second kappa shape index (κ2) is 5.21. The number of hydrogen-bond donors (Lipinski definition) is 1. The molecule has 1 aromatic rings. The molecule has 0 bridgehead atoms. The van der Waals surface area contributed by atoms with E-state index in [0.29, 0.717) is 18.7 Å². The molecular weight excluding hydrogens is 264 g/mol. The van der Waals surface area contributed by atoms with Gasteiger partial charge in [0.05, 0.1) is 5.56 Å². The van der Waals surface area contributed by atoms with E-state index in [1.165, 1.54) is 18.3 Å². The molecule has 1 aliphatic rings. The Kier molecular flexibility index (Phi) is 3.80. The van der Waals surface area contributed by atoms with E-state index in [4.69, 9.17) is 5.11 Å². The Balaban J connectivity index is 2.13. The van der Waals surface area contributed by atoms with Crippen molar-refractivity contribution in [3.63, 3.8) is 0 Å². The molecule has 0 atom stereocenters. The van der Waals surface area contributed by atoms with Crippen LogP contribution in [0, 0.1) is 0 Å². The van der Waals surface area contributed by atoms with Gasteiger partial charge in [0, 0.05) is 29.8 Å². The molecule has 0 aliphatic carbocycles. The van der Waals surface area contributed by atoms with Crippen LogP contribution in [-0.4, -0.2) is 50.5 Å². The Labute approximate surface area is 116 Å². The number of carboxylic acid groups (broad SMARTS) is 1. The molecule has 5 nitrogen and oxygen atoms in total. The SMILES string of the molecule is CC1(C)CN(C(=O)c2ccc(C(=O)O)nc2)CCS1. The quantitative estimate of drug-likeness (QED) is 0.893. The van der Waals surface area contributed by atoms with Crippen molar-refractivity contribution < 1.29 is 14.7 Å². The van der Waals surface area contributed by atoms with Crippen LogP contribution in [0.2, 0.25) is 0 Å². The van der Waals surface area contributed by atoms with Crippen molar-refractivity contribution in [2.75, 3.05) is 18.8 Å². The molecular formula is C13H16N2O3S. The topological polar surface area (TPSA) is 70.5 Å². The summed E-state index contributed by atoms with van der Waals surface area (Å²) in [6, 6.07) is 2.88. The van der Waals surface area contributed by atoms with Gasteiger partial charge in [-0.3, -0.25) is 4.79 Å². The average molecular weight is 280 g/mol. The van der Waals surface area contributed by atoms with Crippen LogP contribution in [0.25, 0.3) is 0 Å². The van der Waals surface area contributed by atoms with Gasteiger partial charge in [0.25, 0.3) is 5.91 Å². The molecule has 102 valence electrons. The van der Waals surface area contributed by atoms with Gasteiger partial charge in [0.1, 0.15) is 5.69 Å². The molecule has 6 heteroatoms. The van der Waals surface area contributed by atoms with Crippen LogP contribution in [-0.2, 0) is 0 Å². The maximum Gasteiger partial charge on any atom is 0.354 e. The Morgan fingerprint density at radius 3 is 2.68 bits per heavy atom. The van der Waals surface area contributed by atoms with Crippen LogP contribution in [0.15, 0.2) is 18.3 Å². The second-order valence-electron chi connectivity index (χ2n) is 5.07. The fourth-order valence-electron chi connectivity index (χ4n) is 2.02. The Bertz CT molecular complexity index is 499. The lowest BCUT2D eigenvalue weighted by Gasteiger charge is -2.37. The first-order valence-corrected chi connectivity index (χ1v) is 7.00. The number of carbonyl (C=O) groups excluding carboxylic acids is 1. The highest BCUT2D eigenvalue weighted by Crippen LogP contribution is 2.30. The van der Waals surface area contributed by atoms with Gasteiger partial charge in [-0.05, 0) is 26.0 Å². The average Bonchev–Trinajstić information content (AvgIpc) is 2.37. The van der Waals surface area contributed by atoms with Crippen LogP contribution in [0.5, 0.6) is 0 Å². The number of hydrogen-bond acceptors (Lipinski definition) is 4. The molecule has 0 spiro atoms. The third-order valence-corrected chi connectivity index (χ3v) is 4.24. The van der Waals surface area contributed by atoms with Crippen molar-refractivity contribution >= 4 is 23.6 Å². The number of carbonyl (C=O) groups is 2. The van der Waals surface area contributed by atoms with Crippen LogP contribution in [0.4, 0.5) is 0 Å². The largest absolute Gasteiger partial charge is 0.477 e. The summed E-state index contributed by atoms with van der Waals surface area (Å²) in [5, 5.41) is 8.77. The van der Waals surface area contributed by atoms with Crippen LogP contribution in [0.1, 0.15) is 34.7 Å². The number of aromatic carboxylic acids is 1. The van der Waals surface area contributed by atoms with Gasteiger partial charge >= 0.3 is 5.97 Å². The second-order valence-corrected chi connectivity index (χ2v) is 6.87. The number of thioether (sulfide) groups is 1. The zero-order valence-electron chi connectivity index (χ0n) is 10.9. The smallest absolute Gasteiger partial charge is 0.354 e. The van der Waals surface area contributed by atoms with Gasteiger partial charge < -0.3 is 10.0 Å². The first-order valence-electron chi connectivity index (χ1n) is 6.02. The molecule has 1 N–H and O–H groups in total. The Hall–Kier alpha value is -1.56. The summed E-state index contributed by atoms with van der Waals surface area (Å²) in [5.74, 6) is -0.258. The molecule has 1 saturated heterocycles. The maximum atomic E-state index is 12.3. The van der Waals surface area contributed by atoms with E-state index in [0.717, 1.165) is 5.75 Å². The number of pyridine rings is 1. The normalized spacial score (nSPS) is 18.1. The zero-order valence-corrected chi connectivity index (χ0v) is 11.7. The van der Waals surface area contributed by atoms with Crippen LogP contribution in [0.3, 0.4) is 0 Å². The van der Waals surface area contributed by atoms with Gasteiger partial charge in [-0.1, -0.05) is 0 Å². The molecule has 1 aliphatic heterocycles. The van der Waals surface area contributed by atoms with E-state index in [-0.39, 0.29) is 16.3 Å². The highest BCUT2D eigenvalue weighted by Gasteiger charge is 2.30. The maximum absolute atomic E-state index is 12.3. The highest BCUT2D eigenvalue weighted by atomic mass is 32.2. The number of aromatic nitrogens is 1. The molecule has 1 amide bonds. The van der Waals surface area contributed by atoms with Gasteiger partial charge in [-0.25, -0.2) is 9.78 Å². The molecule has 0 unspecified atom stereocenters. The van der Waals surface area contributed by atoms with Crippen LogP contribution >= 0.6 is 11.8 Å². The summed E-state index contributed by atoms with van der Waals surface area (Å²) in [6.07, 6.45) is 1.33. The van der Waals surface area contributed by atoms with E-state index < -0.39 is 5.97 Å². The summed E-state index contributed by atoms with van der Waals surface area (Å²) in [4.78, 5) is 28.6. The molecule has 0 saturated carbocycles. The minimum absolute atomic E-state index is 0.0499. The number of carboxylic acids is 1. The fraction of sp³-hybridized carbons (Fsp3) is 0.462. The summed E-state index contributed by atoms with van der Waals surface area (Å²) >= 11 is 1.86. The van der Waals surface area contributed by atoms with Gasteiger partial charge in [0.15, 0.2) is 0 Å². The summed E-state index contributed by atoms with van der Waals surface area (Å²) in [5.41, 5.74) is 0.388. The molecule has 0 radical (unpaired) electrons. The lowest BCUT2D eigenvalue weighted by Crippen LogP contribution is -2.46. The van der Waals surface area contributed by atoms with Crippen LogP contribution < -0.4 is 0 Å². The number of rotatable bonds is 2. The predicted molar refractivity (Wildman–Crippen MR) is 73.6 cm³/mol. The molecule has 2 rings (SSSR count). The lowest BCUT2D eigenvalue weighted by atomic mass is 10.1. The monoisotopic (exact) mass is 280 g/mol. The van der Waals surface area contributed by atoms with Crippen molar-refractivity contribution in [2.45, 2.75) is 18.6 Å². The Morgan fingerprint density at radius 2 is 2.16 bits per heavy atom. The van der Waals surface area contributed by atoms with Gasteiger partial charge in [0.2, 0.25) is 0 Å². The van der Waals surface area contributed by atoms with Crippen molar-refractivity contribution in [1.29, 1.82) is 0 Å². The van der Waals surface area contributed by atoms with E-state index >= 15 is 0 Å². The minimum atomic E-state index is -1.09. The molecule has 1 fully saturated rings. The predicted octanol–water partition coefficient (Wildman–Crippen LogP) is 1.75. The van der Waals surface area contributed by atoms with Crippen molar-refractivity contribution in [3.8, 4) is 0 Å². The van der Waals surface area contributed by atoms with Gasteiger partial charge in [-0.2, -0.15) is 11.8 Å². The first-order chi connectivity index (χ1) is 8.89. The summed E-state index contributed by atoms with van der Waals surface area (Å²) in [7, 11) is 0. The molecule has 1 aromatic heterocycles. The number of nitrogens with zero attached hydrogens (tertiary/aromatic N) is 2. The summed E-state index contributed by atoms with van der Waals surface area (Å²) in [6.45, 7) is 5.64. The third kappa shape index (κ3) is 3.26. The molecule has 19 heavy (non-hydrogen) atoms. The molecule has 2 heterocycles. The Morgan fingerprint density at radius 1 is 1.42 bits per heavy atom. The van der Waals surface area contributed by atoms with Gasteiger partial charge in [-0.15, -0.1) is 0 Å². The lowest BCUT2D eigenvalue weighted by molar-refractivity contribution is 0.0687. The van der Waals surface area contributed by atoms with E-state index in [1.807, 2.05) is 11.8 Å². The van der Waals surface area contributed by atoms with E-state index in [9.17, 15) is 9.59 Å².